The van der Waals surface area contributed by atoms with Gasteiger partial charge in [0.05, 0.1) is 11.7 Å². The van der Waals surface area contributed by atoms with E-state index >= 15 is 0 Å². The molecule has 0 saturated heterocycles. The summed E-state index contributed by atoms with van der Waals surface area (Å²) in [6, 6.07) is 11.5. The van der Waals surface area contributed by atoms with Crippen LogP contribution in [-0.2, 0) is 4.79 Å². The molecule has 2 aromatic heterocycles. The first-order valence-corrected chi connectivity index (χ1v) is 8.04. The number of hydrogen-bond acceptors (Lipinski definition) is 5. The number of thiazole rings is 1. The lowest BCUT2D eigenvalue weighted by molar-refractivity contribution is -0.117. The molecule has 3 aromatic rings. The maximum absolute atomic E-state index is 11.6. The van der Waals surface area contributed by atoms with Crippen molar-refractivity contribution < 1.29 is 4.79 Å². The molecular weight excluding hydrogens is 308 g/mol. The van der Waals surface area contributed by atoms with Crippen molar-refractivity contribution in [2.45, 2.75) is 13.0 Å². The molecular formula is C17H16N4OS. The first-order valence-electron chi connectivity index (χ1n) is 7.16. The molecule has 1 atom stereocenters. The third-order valence-electron chi connectivity index (χ3n) is 3.32. The molecule has 23 heavy (non-hydrogen) atoms. The highest BCUT2D eigenvalue weighted by atomic mass is 32.1. The molecule has 3 rings (SSSR count). The number of carbonyl (C=O) groups excluding carboxylic acids is 1. The fourth-order valence-corrected chi connectivity index (χ4v) is 2.81. The van der Waals surface area contributed by atoms with E-state index in [0.717, 1.165) is 22.4 Å². The molecule has 0 fully saturated rings. The number of nitrogens with two attached hydrogens (primary N) is 1. The number of amides is 1. The topological polar surface area (TPSA) is 80.9 Å². The Morgan fingerprint density at radius 1 is 1.17 bits per heavy atom. The van der Waals surface area contributed by atoms with E-state index in [-0.39, 0.29) is 5.91 Å². The minimum atomic E-state index is -0.558. The summed E-state index contributed by atoms with van der Waals surface area (Å²) in [6.45, 7) is 1.64. The van der Waals surface area contributed by atoms with Crippen LogP contribution < -0.4 is 11.1 Å². The molecule has 3 N–H and O–H groups in total. The van der Waals surface area contributed by atoms with Gasteiger partial charge >= 0.3 is 0 Å². The zero-order valence-electron chi connectivity index (χ0n) is 12.6. The second-order valence-electron chi connectivity index (χ2n) is 5.13. The molecule has 0 radical (unpaired) electrons. The van der Waals surface area contributed by atoms with Crippen LogP contribution in [0.5, 0.6) is 0 Å². The largest absolute Gasteiger partial charge is 0.320 e. The zero-order chi connectivity index (χ0) is 16.2. The summed E-state index contributed by atoms with van der Waals surface area (Å²) >= 11 is 1.38. The lowest BCUT2D eigenvalue weighted by atomic mass is 10.0. The number of nitrogens with zero attached hydrogens (tertiary/aromatic N) is 2. The summed E-state index contributed by atoms with van der Waals surface area (Å²) in [6.07, 6.45) is 3.54. The van der Waals surface area contributed by atoms with Gasteiger partial charge in [-0.2, -0.15) is 0 Å². The molecule has 6 heteroatoms. The summed E-state index contributed by atoms with van der Waals surface area (Å²) in [5.41, 5.74) is 9.56. The van der Waals surface area contributed by atoms with Gasteiger partial charge in [0.1, 0.15) is 0 Å². The number of pyridine rings is 1. The third kappa shape index (κ3) is 3.61. The lowest BCUT2D eigenvalue weighted by Crippen LogP contribution is -2.32. The molecule has 0 aliphatic rings. The highest BCUT2D eigenvalue weighted by Crippen LogP contribution is 2.28. The smallest absolute Gasteiger partial charge is 0.242 e. The Kier molecular flexibility index (Phi) is 4.45. The second-order valence-corrected chi connectivity index (χ2v) is 5.99. The van der Waals surface area contributed by atoms with Crippen molar-refractivity contribution in [3.63, 3.8) is 0 Å². The van der Waals surface area contributed by atoms with Gasteiger partial charge in [0, 0.05) is 23.3 Å². The zero-order valence-corrected chi connectivity index (χ0v) is 13.4. The van der Waals surface area contributed by atoms with Crippen molar-refractivity contribution >= 4 is 22.4 Å². The Bertz CT molecular complexity index is 814. The average Bonchev–Trinajstić information content (AvgIpc) is 3.04. The summed E-state index contributed by atoms with van der Waals surface area (Å²) < 4.78 is 0. The minimum absolute atomic E-state index is 0.239. The van der Waals surface area contributed by atoms with E-state index in [4.69, 9.17) is 5.73 Å². The second kappa shape index (κ2) is 6.68. The van der Waals surface area contributed by atoms with E-state index in [1.165, 1.54) is 11.3 Å². The molecule has 0 aliphatic carbocycles. The van der Waals surface area contributed by atoms with Crippen molar-refractivity contribution in [3.8, 4) is 22.4 Å². The van der Waals surface area contributed by atoms with E-state index < -0.39 is 6.04 Å². The summed E-state index contributed by atoms with van der Waals surface area (Å²) in [7, 11) is 0. The monoisotopic (exact) mass is 324 g/mol. The fourth-order valence-electron chi connectivity index (χ4n) is 2.09. The van der Waals surface area contributed by atoms with Gasteiger partial charge in [-0.1, -0.05) is 18.2 Å². The van der Waals surface area contributed by atoms with Crippen LogP contribution in [-0.4, -0.2) is 21.9 Å². The molecule has 0 spiro atoms. The molecule has 116 valence electrons. The van der Waals surface area contributed by atoms with Gasteiger partial charge in [-0.3, -0.25) is 9.78 Å². The number of rotatable bonds is 4. The van der Waals surface area contributed by atoms with Crippen molar-refractivity contribution in [2.24, 2.45) is 5.73 Å². The van der Waals surface area contributed by atoms with Gasteiger partial charge in [0.15, 0.2) is 5.13 Å². The minimum Gasteiger partial charge on any atom is -0.320 e. The van der Waals surface area contributed by atoms with Gasteiger partial charge in [-0.15, -0.1) is 11.3 Å². The van der Waals surface area contributed by atoms with E-state index in [1.807, 2.05) is 35.7 Å². The summed E-state index contributed by atoms with van der Waals surface area (Å²) in [5.74, 6) is -0.239. The van der Waals surface area contributed by atoms with Crippen LogP contribution in [0.25, 0.3) is 22.4 Å². The molecule has 1 unspecified atom stereocenters. The highest BCUT2D eigenvalue weighted by molar-refractivity contribution is 7.14. The van der Waals surface area contributed by atoms with Crippen LogP contribution in [0.3, 0.4) is 0 Å². The first-order chi connectivity index (χ1) is 11.1. The van der Waals surface area contributed by atoms with Gasteiger partial charge in [0.2, 0.25) is 5.91 Å². The maximum atomic E-state index is 11.6. The molecule has 5 nitrogen and oxygen atoms in total. The number of aromatic nitrogens is 2. The first kappa shape index (κ1) is 15.3. The molecule has 1 aromatic carbocycles. The SMILES string of the molecule is CC(N)C(=O)Nc1nc(-c2cccc(-c3ccncc3)c2)cs1. The van der Waals surface area contributed by atoms with Crippen LogP contribution in [0.15, 0.2) is 54.2 Å². The summed E-state index contributed by atoms with van der Waals surface area (Å²) in [4.78, 5) is 20.1. The van der Waals surface area contributed by atoms with Crippen LogP contribution >= 0.6 is 11.3 Å². The summed E-state index contributed by atoms with van der Waals surface area (Å²) in [5, 5.41) is 5.18. The lowest BCUT2D eigenvalue weighted by Gasteiger charge is -2.04. The molecule has 2 heterocycles. The Hall–Kier alpha value is -2.57. The van der Waals surface area contributed by atoms with Crippen LogP contribution in [0.4, 0.5) is 5.13 Å². The quantitative estimate of drug-likeness (QED) is 0.772. The number of nitrogens with one attached hydrogen (secondary N) is 1. The van der Waals surface area contributed by atoms with Gasteiger partial charge < -0.3 is 11.1 Å². The predicted octanol–water partition coefficient (Wildman–Crippen LogP) is 3.16. The van der Waals surface area contributed by atoms with Crippen molar-refractivity contribution in [1.82, 2.24) is 9.97 Å². The number of benzene rings is 1. The van der Waals surface area contributed by atoms with Gasteiger partial charge in [-0.05, 0) is 36.2 Å². The molecule has 0 aliphatic heterocycles. The van der Waals surface area contributed by atoms with E-state index in [9.17, 15) is 4.79 Å². The van der Waals surface area contributed by atoms with Gasteiger partial charge in [-0.25, -0.2) is 4.98 Å². The Balaban J connectivity index is 1.85. The number of carbonyl (C=O) groups is 1. The highest BCUT2D eigenvalue weighted by Gasteiger charge is 2.11. The van der Waals surface area contributed by atoms with Crippen LogP contribution in [0.1, 0.15) is 6.92 Å². The van der Waals surface area contributed by atoms with Crippen LogP contribution in [0.2, 0.25) is 0 Å². The van der Waals surface area contributed by atoms with Crippen molar-refractivity contribution in [3.05, 3.63) is 54.2 Å². The normalized spacial score (nSPS) is 11.9. The molecule has 0 bridgehead atoms. The Morgan fingerprint density at radius 3 is 2.65 bits per heavy atom. The van der Waals surface area contributed by atoms with Crippen molar-refractivity contribution in [2.75, 3.05) is 5.32 Å². The predicted molar refractivity (Wildman–Crippen MR) is 93.1 cm³/mol. The number of hydrogen-bond donors (Lipinski definition) is 2. The fraction of sp³-hybridized carbons (Fsp3) is 0.118. The molecule has 1 amide bonds. The average molecular weight is 324 g/mol. The standard InChI is InChI=1S/C17H16N4OS/c1-11(18)16(22)21-17-20-15(10-23-17)14-4-2-3-13(9-14)12-5-7-19-8-6-12/h2-11H,18H2,1H3,(H,20,21,22). The maximum Gasteiger partial charge on any atom is 0.242 e. The third-order valence-corrected chi connectivity index (χ3v) is 4.08. The van der Waals surface area contributed by atoms with E-state index in [0.29, 0.717) is 5.13 Å². The Labute approximate surface area is 138 Å². The molecule has 0 saturated carbocycles. The number of anilines is 1. The van der Waals surface area contributed by atoms with Gasteiger partial charge in [0.25, 0.3) is 0 Å². The Morgan fingerprint density at radius 2 is 1.91 bits per heavy atom. The van der Waals surface area contributed by atoms with Crippen LogP contribution in [0, 0.1) is 0 Å². The van der Waals surface area contributed by atoms with E-state index in [1.54, 1.807) is 19.3 Å². The van der Waals surface area contributed by atoms with Crippen molar-refractivity contribution in [1.29, 1.82) is 0 Å². The van der Waals surface area contributed by atoms with E-state index in [2.05, 4.69) is 21.4 Å².